The van der Waals surface area contributed by atoms with Gasteiger partial charge in [-0.3, -0.25) is 4.79 Å². The van der Waals surface area contributed by atoms with Gasteiger partial charge in [0.2, 0.25) is 0 Å². The summed E-state index contributed by atoms with van der Waals surface area (Å²) in [6.45, 7) is 2.35. The molecule has 6 heteroatoms. The molecule has 0 bridgehead atoms. The molecule has 2 amide bonds. The minimum atomic E-state index is -0.907. The minimum absolute atomic E-state index is 0.176. The van der Waals surface area contributed by atoms with E-state index < -0.39 is 6.09 Å². The van der Waals surface area contributed by atoms with Gasteiger partial charge in [-0.05, 0) is 66.8 Å². The number of carbonyl (C=O) groups is 2. The predicted molar refractivity (Wildman–Crippen MR) is 103 cm³/mol. The lowest BCUT2D eigenvalue weighted by atomic mass is 10.00. The van der Waals surface area contributed by atoms with Crippen LogP contribution in [0.4, 0.5) is 10.5 Å². The number of hydrogen-bond donors (Lipinski definition) is 3. The van der Waals surface area contributed by atoms with Crippen LogP contribution < -0.4 is 10.6 Å². The molecule has 4 rings (SSSR count). The van der Waals surface area contributed by atoms with Crippen LogP contribution >= 0.6 is 0 Å². The van der Waals surface area contributed by atoms with E-state index in [4.69, 9.17) is 0 Å². The van der Waals surface area contributed by atoms with E-state index >= 15 is 0 Å². The van der Waals surface area contributed by atoms with Gasteiger partial charge in [0.05, 0.1) is 6.04 Å². The van der Waals surface area contributed by atoms with Crippen LogP contribution in [0.25, 0.3) is 0 Å². The van der Waals surface area contributed by atoms with Crippen LogP contribution in [0.5, 0.6) is 0 Å². The average molecular weight is 365 g/mol. The molecule has 1 unspecified atom stereocenters. The van der Waals surface area contributed by atoms with Gasteiger partial charge in [-0.2, -0.15) is 0 Å². The molecule has 0 aliphatic carbocycles. The third-order valence-electron chi connectivity index (χ3n) is 5.38. The van der Waals surface area contributed by atoms with Crippen molar-refractivity contribution in [1.29, 1.82) is 0 Å². The van der Waals surface area contributed by atoms with Crippen LogP contribution in [0, 0.1) is 0 Å². The second kappa shape index (κ2) is 7.40. The molecule has 2 aliphatic rings. The second-order valence-corrected chi connectivity index (χ2v) is 7.12. The van der Waals surface area contributed by atoms with Crippen molar-refractivity contribution in [2.45, 2.75) is 31.8 Å². The van der Waals surface area contributed by atoms with E-state index in [1.54, 1.807) is 12.1 Å². The number of amides is 2. The number of nitrogens with one attached hydrogen (secondary N) is 2. The number of carboxylic acid groups (broad SMARTS) is 1. The highest BCUT2D eigenvalue weighted by Gasteiger charge is 2.30. The lowest BCUT2D eigenvalue weighted by Gasteiger charge is -2.22. The third-order valence-corrected chi connectivity index (χ3v) is 5.38. The number of hydrogen-bond acceptors (Lipinski definition) is 3. The van der Waals surface area contributed by atoms with E-state index in [2.05, 4.69) is 16.7 Å². The summed E-state index contributed by atoms with van der Waals surface area (Å²) in [5.41, 5.74) is 4.73. The van der Waals surface area contributed by atoms with Gasteiger partial charge in [-0.25, -0.2) is 4.79 Å². The van der Waals surface area contributed by atoms with Crippen molar-refractivity contribution < 1.29 is 14.7 Å². The van der Waals surface area contributed by atoms with Crippen LogP contribution in [0.2, 0.25) is 0 Å². The van der Waals surface area contributed by atoms with Crippen LogP contribution in [-0.2, 0) is 13.0 Å². The Balaban J connectivity index is 1.52. The number of anilines is 1. The highest BCUT2D eigenvalue weighted by molar-refractivity contribution is 6.04. The number of rotatable bonds is 3. The Bertz CT molecular complexity index is 881. The van der Waals surface area contributed by atoms with E-state index in [1.165, 1.54) is 16.0 Å². The maximum atomic E-state index is 12.7. The van der Waals surface area contributed by atoms with Crippen molar-refractivity contribution in [1.82, 2.24) is 10.2 Å². The fourth-order valence-electron chi connectivity index (χ4n) is 3.99. The van der Waals surface area contributed by atoms with Crippen molar-refractivity contribution in [3.8, 4) is 0 Å². The summed E-state index contributed by atoms with van der Waals surface area (Å²) in [6, 6.07) is 13.1. The van der Waals surface area contributed by atoms with Crippen molar-refractivity contribution in [2.75, 3.05) is 18.4 Å². The molecule has 6 nitrogen and oxygen atoms in total. The molecule has 1 saturated heterocycles. The Hall–Kier alpha value is -2.86. The molecule has 1 atom stereocenters. The largest absolute Gasteiger partial charge is 0.465 e. The standard InChI is InChI=1S/C21H23N3O3/c25-20(23-18-7-6-14-8-9-22-13-17(14)12-18)16-4-1-3-15(11-16)19-5-2-10-24(19)21(26)27/h1,3-4,6-7,11-12,19,22H,2,5,8-10,13H2,(H,23,25)(H,26,27). The van der Waals surface area contributed by atoms with E-state index in [-0.39, 0.29) is 11.9 Å². The van der Waals surface area contributed by atoms with Gasteiger partial charge in [-0.15, -0.1) is 0 Å². The zero-order valence-corrected chi connectivity index (χ0v) is 15.1. The SMILES string of the molecule is O=C(Nc1ccc2c(c1)CNCC2)c1cccc(C2CCCN2C(=O)O)c1. The Morgan fingerprint density at radius 3 is 2.89 bits per heavy atom. The van der Waals surface area contributed by atoms with Crippen LogP contribution in [-0.4, -0.2) is 35.1 Å². The topological polar surface area (TPSA) is 81.7 Å². The molecule has 27 heavy (non-hydrogen) atoms. The molecule has 0 spiro atoms. The Morgan fingerprint density at radius 1 is 1.15 bits per heavy atom. The maximum absolute atomic E-state index is 12.7. The molecule has 140 valence electrons. The predicted octanol–water partition coefficient (Wildman–Crippen LogP) is 3.40. The molecule has 0 aromatic heterocycles. The normalized spacial score (nSPS) is 18.8. The Morgan fingerprint density at radius 2 is 2.04 bits per heavy atom. The summed E-state index contributed by atoms with van der Waals surface area (Å²) in [6.07, 6.45) is 1.73. The monoisotopic (exact) mass is 365 g/mol. The van der Waals surface area contributed by atoms with Crippen LogP contribution in [0.1, 0.15) is 45.9 Å². The maximum Gasteiger partial charge on any atom is 0.407 e. The molecule has 2 aliphatic heterocycles. The zero-order valence-electron chi connectivity index (χ0n) is 15.1. The minimum Gasteiger partial charge on any atom is -0.465 e. The van der Waals surface area contributed by atoms with Crippen molar-refractivity contribution in [2.24, 2.45) is 0 Å². The number of carbonyl (C=O) groups excluding carboxylic acids is 1. The Labute approximate surface area is 158 Å². The number of nitrogens with zero attached hydrogens (tertiary/aromatic N) is 1. The molecular formula is C21H23N3O3. The summed E-state index contributed by atoms with van der Waals surface area (Å²) >= 11 is 0. The quantitative estimate of drug-likeness (QED) is 0.779. The molecule has 0 saturated carbocycles. The van der Waals surface area contributed by atoms with Gasteiger partial charge in [0, 0.05) is 24.3 Å². The summed E-state index contributed by atoms with van der Waals surface area (Å²) < 4.78 is 0. The summed E-state index contributed by atoms with van der Waals surface area (Å²) in [4.78, 5) is 25.6. The molecule has 2 aromatic rings. The van der Waals surface area contributed by atoms with Crippen molar-refractivity contribution in [3.63, 3.8) is 0 Å². The number of benzene rings is 2. The lowest BCUT2D eigenvalue weighted by Crippen LogP contribution is -2.28. The van der Waals surface area contributed by atoms with Crippen molar-refractivity contribution >= 4 is 17.7 Å². The molecule has 2 aromatic carbocycles. The first kappa shape index (κ1) is 17.5. The van der Waals surface area contributed by atoms with E-state index in [0.717, 1.165) is 43.6 Å². The van der Waals surface area contributed by atoms with Crippen molar-refractivity contribution in [3.05, 3.63) is 64.7 Å². The lowest BCUT2D eigenvalue weighted by molar-refractivity contribution is 0.102. The first-order valence-corrected chi connectivity index (χ1v) is 9.35. The van der Waals surface area contributed by atoms with Gasteiger partial charge in [0.25, 0.3) is 5.91 Å². The van der Waals surface area contributed by atoms with Gasteiger partial charge < -0.3 is 20.6 Å². The first-order valence-electron chi connectivity index (χ1n) is 9.35. The summed E-state index contributed by atoms with van der Waals surface area (Å²) in [5.74, 6) is -0.180. The van der Waals surface area contributed by atoms with E-state index in [1.807, 2.05) is 24.3 Å². The highest BCUT2D eigenvalue weighted by Crippen LogP contribution is 2.32. The fraction of sp³-hybridized carbons (Fsp3) is 0.333. The van der Waals surface area contributed by atoms with Gasteiger partial charge in [-0.1, -0.05) is 18.2 Å². The smallest absolute Gasteiger partial charge is 0.407 e. The van der Waals surface area contributed by atoms with Crippen LogP contribution in [0.15, 0.2) is 42.5 Å². The second-order valence-electron chi connectivity index (χ2n) is 7.12. The fourth-order valence-corrected chi connectivity index (χ4v) is 3.99. The molecule has 0 radical (unpaired) electrons. The summed E-state index contributed by atoms with van der Waals surface area (Å²) in [5, 5.41) is 15.7. The number of likely N-dealkylation sites (tertiary alicyclic amines) is 1. The number of fused-ring (bicyclic) bond motifs is 1. The van der Waals surface area contributed by atoms with Gasteiger partial charge in [0.1, 0.15) is 0 Å². The van der Waals surface area contributed by atoms with Gasteiger partial charge in [0.15, 0.2) is 0 Å². The third kappa shape index (κ3) is 3.66. The zero-order chi connectivity index (χ0) is 18.8. The van der Waals surface area contributed by atoms with Crippen LogP contribution in [0.3, 0.4) is 0 Å². The van der Waals surface area contributed by atoms with E-state index in [9.17, 15) is 14.7 Å². The molecule has 2 heterocycles. The molecule has 1 fully saturated rings. The molecule has 3 N–H and O–H groups in total. The first-order chi connectivity index (χ1) is 13.1. The molecular weight excluding hydrogens is 342 g/mol. The van der Waals surface area contributed by atoms with Gasteiger partial charge >= 0.3 is 6.09 Å². The van der Waals surface area contributed by atoms with E-state index in [0.29, 0.717) is 12.1 Å². The summed E-state index contributed by atoms with van der Waals surface area (Å²) in [7, 11) is 0. The Kier molecular flexibility index (Phi) is 4.81. The average Bonchev–Trinajstić information content (AvgIpc) is 3.18. The highest BCUT2D eigenvalue weighted by atomic mass is 16.4.